The zero-order chi connectivity index (χ0) is 7.28. The summed E-state index contributed by atoms with van der Waals surface area (Å²) in [6.07, 6.45) is 5.10. The first-order chi connectivity index (χ1) is 4.22. The summed E-state index contributed by atoms with van der Waals surface area (Å²) in [6.45, 7) is 8.15. The minimum absolute atomic E-state index is 0. The molecule has 1 fully saturated rings. The third-order valence-corrected chi connectivity index (χ3v) is 1.35. The second kappa shape index (κ2) is 6.81. The van der Waals surface area contributed by atoms with E-state index in [0.29, 0.717) is 12.2 Å². The highest BCUT2D eigenvalue weighted by atomic mass is 16.6. The van der Waals surface area contributed by atoms with Crippen LogP contribution in [0.3, 0.4) is 0 Å². The Balaban J connectivity index is 0. The van der Waals surface area contributed by atoms with Crippen molar-refractivity contribution in [2.45, 2.75) is 47.3 Å². The molecule has 0 aliphatic carbocycles. The van der Waals surface area contributed by atoms with E-state index >= 15 is 0 Å². The van der Waals surface area contributed by atoms with E-state index in [4.69, 9.17) is 4.74 Å². The second-order valence-corrected chi connectivity index (χ2v) is 2.21. The van der Waals surface area contributed by atoms with Gasteiger partial charge in [-0.1, -0.05) is 19.6 Å². The number of allylic oxidation sites excluding steroid dienone is 2. The van der Waals surface area contributed by atoms with Crippen LogP contribution in [0.4, 0.5) is 0 Å². The fraction of sp³-hybridized carbons (Fsp3) is 0.778. The maximum Gasteiger partial charge on any atom is 0.0811 e. The third kappa shape index (κ3) is 7.70. The van der Waals surface area contributed by atoms with Gasteiger partial charge < -0.3 is 4.74 Å². The summed E-state index contributed by atoms with van der Waals surface area (Å²) in [5.74, 6) is 0. The highest BCUT2D eigenvalue weighted by Crippen LogP contribution is 2.18. The van der Waals surface area contributed by atoms with Crippen LogP contribution in [0.1, 0.15) is 35.1 Å². The van der Waals surface area contributed by atoms with Crippen molar-refractivity contribution in [3.8, 4) is 0 Å². The summed E-state index contributed by atoms with van der Waals surface area (Å²) in [4.78, 5) is 0. The maximum atomic E-state index is 4.92. The van der Waals surface area contributed by atoms with Crippen molar-refractivity contribution in [1.29, 1.82) is 0 Å². The summed E-state index contributed by atoms with van der Waals surface area (Å²) in [7, 11) is 0. The normalized spacial score (nSPS) is 28.4. The molecule has 1 rings (SSSR count). The Kier molecular flexibility index (Phi) is 8.44. The number of epoxide rings is 1. The molecule has 0 bridgehead atoms. The molecule has 0 aromatic rings. The quantitative estimate of drug-likeness (QED) is 0.376. The lowest BCUT2D eigenvalue weighted by molar-refractivity contribution is 0.389. The van der Waals surface area contributed by atoms with E-state index in [2.05, 4.69) is 13.8 Å². The smallest absolute Gasteiger partial charge is 0.0811 e. The van der Waals surface area contributed by atoms with E-state index in [1.54, 1.807) is 0 Å². The van der Waals surface area contributed by atoms with Gasteiger partial charge in [0.15, 0.2) is 0 Å². The zero-order valence-electron chi connectivity index (χ0n) is 6.72. The molecule has 1 aliphatic rings. The first kappa shape index (κ1) is 12.4. The van der Waals surface area contributed by atoms with Gasteiger partial charge in [-0.25, -0.2) is 0 Å². The Morgan fingerprint density at radius 3 is 1.20 bits per heavy atom. The molecule has 0 spiro atoms. The Hall–Kier alpha value is -0.300. The lowest BCUT2D eigenvalue weighted by Gasteiger charge is -1.57. The van der Waals surface area contributed by atoms with Gasteiger partial charge in [0.25, 0.3) is 0 Å². The topological polar surface area (TPSA) is 12.5 Å². The molecule has 1 heterocycles. The van der Waals surface area contributed by atoms with Crippen molar-refractivity contribution < 1.29 is 4.74 Å². The number of rotatable bonds is 0. The SMILES string of the molecule is C.C/C=C\C.CC1OC1C. The molecule has 1 saturated heterocycles. The molecule has 0 radical (unpaired) electrons. The van der Waals surface area contributed by atoms with Gasteiger partial charge >= 0.3 is 0 Å². The van der Waals surface area contributed by atoms with E-state index < -0.39 is 0 Å². The van der Waals surface area contributed by atoms with Gasteiger partial charge in [-0.05, 0) is 27.7 Å². The maximum absolute atomic E-state index is 4.92. The van der Waals surface area contributed by atoms with E-state index in [1.165, 1.54) is 0 Å². The average Bonchev–Trinajstić information content (AvgIpc) is 2.47. The highest BCUT2D eigenvalue weighted by molar-refractivity contribution is 4.73. The molecule has 0 N–H and O–H groups in total. The van der Waals surface area contributed by atoms with Gasteiger partial charge in [0, 0.05) is 0 Å². The van der Waals surface area contributed by atoms with Crippen molar-refractivity contribution in [1.82, 2.24) is 0 Å². The van der Waals surface area contributed by atoms with Crippen LogP contribution in [-0.4, -0.2) is 12.2 Å². The van der Waals surface area contributed by atoms with Gasteiger partial charge in [-0.15, -0.1) is 0 Å². The summed E-state index contributed by atoms with van der Waals surface area (Å²) in [5.41, 5.74) is 0. The van der Waals surface area contributed by atoms with Crippen LogP contribution in [0.15, 0.2) is 12.2 Å². The van der Waals surface area contributed by atoms with Crippen molar-refractivity contribution in [3.05, 3.63) is 12.2 Å². The minimum Gasteiger partial charge on any atom is -0.370 e. The van der Waals surface area contributed by atoms with Gasteiger partial charge in [-0.2, -0.15) is 0 Å². The van der Waals surface area contributed by atoms with Crippen molar-refractivity contribution in [2.24, 2.45) is 0 Å². The molecular formula is C9H20O. The zero-order valence-corrected chi connectivity index (χ0v) is 6.72. The summed E-state index contributed by atoms with van der Waals surface area (Å²) < 4.78 is 4.92. The molecule has 0 amide bonds. The van der Waals surface area contributed by atoms with Crippen molar-refractivity contribution in [3.63, 3.8) is 0 Å². The standard InChI is InChI=1S/C4H8O.C4H8.CH4/c1-3-4(2)5-3;1-3-4-2;/h3-4H,1-2H3;3-4H,1-2H3;1H4/b;4-3-;. The number of ether oxygens (including phenoxy) is 1. The molecule has 1 aliphatic heterocycles. The molecule has 10 heavy (non-hydrogen) atoms. The molecule has 2 unspecified atom stereocenters. The van der Waals surface area contributed by atoms with Gasteiger partial charge in [0.1, 0.15) is 0 Å². The fourth-order valence-electron chi connectivity index (χ4n) is 0.293. The Morgan fingerprint density at radius 1 is 1.00 bits per heavy atom. The molecule has 1 nitrogen and oxygen atoms in total. The summed E-state index contributed by atoms with van der Waals surface area (Å²) >= 11 is 0. The second-order valence-electron chi connectivity index (χ2n) is 2.21. The lowest BCUT2D eigenvalue weighted by Crippen LogP contribution is -1.74. The highest BCUT2D eigenvalue weighted by Gasteiger charge is 2.27. The van der Waals surface area contributed by atoms with Crippen LogP contribution >= 0.6 is 0 Å². The predicted octanol–water partition coefficient (Wildman–Crippen LogP) is 3.01. The van der Waals surface area contributed by atoms with Crippen LogP contribution in [0.2, 0.25) is 0 Å². The van der Waals surface area contributed by atoms with Gasteiger partial charge in [0.2, 0.25) is 0 Å². The Labute approximate surface area is 65.1 Å². The largest absolute Gasteiger partial charge is 0.370 e. The Bertz CT molecular complexity index is 76.7. The number of hydrogen-bond donors (Lipinski definition) is 0. The van der Waals surface area contributed by atoms with Crippen LogP contribution in [0.5, 0.6) is 0 Å². The van der Waals surface area contributed by atoms with Crippen LogP contribution in [0, 0.1) is 0 Å². The first-order valence-electron chi connectivity index (χ1n) is 3.45. The van der Waals surface area contributed by atoms with E-state index in [-0.39, 0.29) is 7.43 Å². The van der Waals surface area contributed by atoms with E-state index in [9.17, 15) is 0 Å². The first-order valence-corrected chi connectivity index (χ1v) is 3.45. The molecule has 0 saturated carbocycles. The van der Waals surface area contributed by atoms with E-state index in [1.807, 2.05) is 26.0 Å². The predicted molar refractivity (Wildman–Crippen MR) is 47.2 cm³/mol. The molecule has 62 valence electrons. The minimum atomic E-state index is 0. The van der Waals surface area contributed by atoms with Crippen LogP contribution in [-0.2, 0) is 4.74 Å². The fourth-order valence-corrected chi connectivity index (χ4v) is 0.293. The monoisotopic (exact) mass is 144 g/mol. The Morgan fingerprint density at radius 2 is 1.20 bits per heavy atom. The van der Waals surface area contributed by atoms with E-state index in [0.717, 1.165) is 0 Å². The molecule has 1 heteroatoms. The molecular weight excluding hydrogens is 124 g/mol. The summed E-state index contributed by atoms with van der Waals surface area (Å²) in [5, 5.41) is 0. The van der Waals surface area contributed by atoms with Crippen molar-refractivity contribution in [2.75, 3.05) is 0 Å². The summed E-state index contributed by atoms with van der Waals surface area (Å²) in [6, 6.07) is 0. The average molecular weight is 144 g/mol. The molecule has 0 aromatic heterocycles. The van der Waals surface area contributed by atoms with Crippen molar-refractivity contribution >= 4 is 0 Å². The molecule has 2 atom stereocenters. The third-order valence-electron chi connectivity index (χ3n) is 1.35. The van der Waals surface area contributed by atoms with Crippen LogP contribution < -0.4 is 0 Å². The van der Waals surface area contributed by atoms with Crippen LogP contribution in [0.25, 0.3) is 0 Å². The number of hydrogen-bond acceptors (Lipinski definition) is 1. The lowest BCUT2D eigenvalue weighted by atomic mass is 10.4. The molecule has 0 aromatic carbocycles. The van der Waals surface area contributed by atoms with Gasteiger partial charge in [-0.3, -0.25) is 0 Å². The van der Waals surface area contributed by atoms with Gasteiger partial charge in [0.05, 0.1) is 12.2 Å².